The van der Waals surface area contributed by atoms with Gasteiger partial charge in [0.25, 0.3) is 11.7 Å². The van der Waals surface area contributed by atoms with Crippen molar-refractivity contribution in [3.8, 4) is 0 Å². The maximum absolute atomic E-state index is 11.8. The number of ketones is 1. The molecule has 0 aliphatic carbocycles. The molecule has 1 N–H and O–H groups in total. The van der Waals surface area contributed by atoms with Crippen molar-refractivity contribution in [2.24, 2.45) is 0 Å². The number of thiophene rings is 1. The Morgan fingerprint density at radius 2 is 1.83 bits per heavy atom. The average molecular weight is 259 g/mol. The van der Waals surface area contributed by atoms with E-state index in [4.69, 9.17) is 0 Å². The zero-order valence-corrected chi connectivity index (χ0v) is 10.7. The molecule has 1 amide bonds. The minimum atomic E-state index is -0.561. The molecule has 1 aromatic heterocycles. The lowest BCUT2D eigenvalue weighted by Gasteiger charge is -2.13. The standard InChI is InChI=1S/C14H13NO2S/c1-10(11-6-3-2-4-7-11)15-14(17)13(16)12-8-5-9-18-12/h2-10H,1H3,(H,15,17). The van der Waals surface area contributed by atoms with E-state index in [1.807, 2.05) is 37.3 Å². The summed E-state index contributed by atoms with van der Waals surface area (Å²) < 4.78 is 0. The van der Waals surface area contributed by atoms with Crippen molar-refractivity contribution < 1.29 is 9.59 Å². The van der Waals surface area contributed by atoms with Crippen LogP contribution in [-0.4, -0.2) is 11.7 Å². The predicted octanol–water partition coefficient (Wildman–Crippen LogP) is 2.81. The van der Waals surface area contributed by atoms with Gasteiger partial charge in [-0.1, -0.05) is 36.4 Å². The Balaban J connectivity index is 2.02. The van der Waals surface area contributed by atoms with Crippen molar-refractivity contribution in [1.29, 1.82) is 0 Å². The number of carbonyl (C=O) groups excluding carboxylic acids is 2. The van der Waals surface area contributed by atoms with Gasteiger partial charge in [-0.3, -0.25) is 9.59 Å². The fourth-order valence-corrected chi connectivity index (χ4v) is 2.27. The van der Waals surface area contributed by atoms with E-state index in [1.54, 1.807) is 17.5 Å². The highest BCUT2D eigenvalue weighted by atomic mass is 32.1. The van der Waals surface area contributed by atoms with Crippen LogP contribution in [0.4, 0.5) is 0 Å². The second-order valence-electron chi connectivity index (χ2n) is 3.91. The summed E-state index contributed by atoms with van der Waals surface area (Å²) in [6.45, 7) is 1.86. The molecule has 0 fully saturated rings. The smallest absolute Gasteiger partial charge is 0.293 e. The van der Waals surface area contributed by atoms with Crippen LogP contribution in [0.15, 0.2) is 47.8 Å². The van der Waals surface area contributed by atoms with Gasteiger partial charge >= 0.3 is 0 Å². The van der Waals surface area contributed by atoms with Crippen molar-refractivity contribution >= 4 is 23.0 Å². The van der Waals surface area contributed by atoms with Gasteiger partial charge in [0.2, 0.25) is 0 Å². The molecule has 1 aromatic carbocycles. The van der Waals surface area contributed by atoms with Crippen LogP contribution in [0.2, 0.25) is 0 Å². The lowest BCUT2D eigenvalue weighted by molar-refractivity contribution is -0.117. The third-order valence-corrected chi connectivity index (χ3v) is 3.47. The van der Waals surface area contributed by atoms with Crippen molar-refractivity contribution in [1.82, 2.24) is 5.32 Å². The van der Waals surface area contributed by atoms with Crippen LogP contribution in [0, 0.1) is 0 Å². The topological polar surface area (TPSA) is 46.2 Å². The van der Waals surface area contributed by atoms with Gasteiger partial charge in [0.15, 0.2) is 0 Å². The summed E-state index contributed by atoms with van der Waals surface area (Å²) in [6.07, 6.45) is 0. The van der Waals surface area contributed by atoms with Gasteiger partial charge in [0.1, 0.15) is 0 Å². The largest absolute Gasteiger partial charge is 0.343 e. The summed E-state index contributed by atoms with van der Waals surface area (Å²) in [5, 5.41) is 4.48. The molecule has 0 bridgehead atoms. The van der Waals surface area contributed by atoms with Gasteiger partial charge in [0.05, 0.1) is 10.9 Å². The van der Waals surface area contributed by atoms with Gasteiger partial charge in [-0.25, -0.2) is 0 Å². The average Bonchev–Trinajstić information content (AvgIpc) is 2.92. The molecule has 0 saturated carbocycles. The highest BCUT2D eigenvalue weighted by Gasteiger charge is 2.19. The highest BCUT2D eigenvalue weighted by Crippen LogP contribution is 2.13. The molecule has 1 heterocycles. The molecule has 1 unspecified atom stereocenters. The van der Waals surface area contributed by atoms with Crippen LogP contribution in [0.3, 0.4) is 0 Å². The van der Waals surface area contributed by atoms with Crippen molar-refractivity contribution in [2.45, 2.75) is 13.0 Å². The number of Topliss-reactive ketones (excluding diaryl/α,β-unsaturated/α-hetero) is 1. The first-order chi connectivity index (χ1) is 8.68. The van der Waals surface area contributed by atoms with E-state index in [1.165, 1.54) is 11.3 Å². The third kappa shape index (κ3) is 2.84. The van der Waals surface area contributed by atoms with E-state index in [0.29, 0.717) is 4.88 Å². The lowest BCUT2D eigenvalue weighted by Crippen LogP contribution is -2.32. The van der Waals surface area contributed by atoms with Crippen LogP contribution >= 0.6 is 11.3 Å². The van der Waals surface area contributed by atoms with E-state index in [-0.39, 0.29) is 6.04 Å². The van der Waals surface area contributed by atoms with Crippen molar-refractivity contribution in [3.05, 3.63) is 58.3 Å². The first-order valence-corrected chi connectivity index (χ1v) is 6.50. The van der Waals surface area contributed by atoms with E-state index in [9.17, 15) is 9.59 Å². The minimum Gasteiger partial charge on any atom is -0.343 e. The summed E-state index contributed by atoms with van der Waals surface area (Å²) in [4.78, 5) is 24.0. The maximum Gasteiger partial charge on any atom is 0.293 e. The molecule has 1 atom stereocenters. The summed E-state index contributed by atoms with van der Waals surface area (Å²) in [7, 11) is 0. The van der Waals surface area contributed by atoms with Crippen LogP contribution in [0.5, 0.6) is 0 Å². The molecule has 0 radical (unpaired) electrons. The number of hydrogen-bond donors (Lipinski definition) is 1. The van der Waals surface area contributed by atoms with Gasteiger partial charge in [-0.15, -0.1) is 11.3 Å². The van der Waals surface area contributed by atoms with E-state index < -0.39 is 11.7 Å². The summed E-state index contributed by atoms with van der Waals surface area (Å²) in [6, 6.07) is 12.8. The number of benzene rings is 1. The van der Waals surface area contributed by atoms with E-state index >= 15 is 0 Å². The minimum absolute atomic E-state index is 0.178. The summed E-state index contributed by atoms with van der Waals surface area (Å²) in [5.74, 6) is -1.04. The van der Waals surface area contributed by atoms with Crippen LogP contribution < -0.4 is 5.32 Å². The molecule has 92 valence electrons. The molecule has 3 nitrogen and oxygen atoms in total. The fraction of sp³-hybridized carbons (Fsp3) is 0.143. The van der Waals surface area contributed by atoms with Crippen LogP contribution in [-0.2, 0) is 4.79 Å². The molecular formula is C14H13NO2S. The quantitative estimate of drug-likeness (QED) is 0.678. The van der Waals surface area contributed by atoms with Gasteiger partial charge in [0, 0.05) is 0 Å². The molecular weight excluding hydrogens is 246 g/mol. The van der Waals surface area contributed by atoms with Crippen LogP contribution in [0.25, 0.3) is 0 Å². The van der Waals surface area contributed by atoms with Crippen LogP contribution in [0.1, 0.15) is 28.2 Å². The second kappa shape index (κ2) is 5.60. The predicted molar refractivity (Wildman–Crippen MR) is 71.6 cm³/mol. The van der Waals surface area contributed by atoms with Crippen molar-refractivity contribution in [3.63, 3.8) is 0 Å². The zero-order chi connectivity index (χ0) is 13.0. The Morgan fingerprint density at radius 1 is 1.11 bits per heavy atom. The number of rotatable bonds is 4. The second-order valence-corrected chi connectivity index (χ2v) is 4.86. The fourth-order valence-electron chi connectivity index (χ4n) is 1.61. The number of carbonyl (C=O) groups is 2. The first kappa shape index (κ1) is 12.5. The van der Waals surface area contributed by atoms with Gasteiger partial charge in [-0.05, 0) is 23.9 Å². The lowest BCUT2D eigenvalue weighted by atomic mass is 10.1. The Morgan fingerprint density at radius 3 is 2.44 bits per heavy atom. The Bertz CT molecular complexity index is 534. The first-order valence-electron chi connectivity index (χ1n) is 5.62. The number of amides is 1. The summed E-state index contributed by atoms with van der Waals surface area (Å²) in [5.41, 5.74) is 0.977. The molecule has 0 saturated heterocycles. The van der Waals surface area contributed by atoms with Gasteiger partial charge < -0.3 is 5.32 Å². The molecule has 18 heavy (non-hydrogen) atoms. The van der Waals surface area contributed by atoms with E-state index in [2.05, 4.69) is 5.32 Å². The Kier molecular flexibility index (Phi) is 3.89. The molecule has 0 spiro atoms. The molecule has 0 aliphatic rings. The molecule has 2 aromatic rings. The van der Waals surface area contributed by atoms with Gasteiger partial charge in [-0.2, -0.15) is 0 Å². The molecule has 0 aliphatic heterocycles. The zero-order valence-electron chi connectivity index (χ0n) is 9.92. The van der Waals surface area contributed by atoms with E-state index in [0.717, 1.165) is 5.56 Å². The SMILES string of the molecule is CC(NC(=O)C(=O)c1cccs1)c1ccccc1. The number of nitrogens with one attached hydrogen (secondary N) is 1. The monoisotopic (exact) mass is 259 g/mol. The normalized spacial score (nSPS) is 11.8. The maximum atomic E-state index is 11.8. The third-order valence-electron chi connectivity index (χ3n) is 2.60. The highest BCUT2D eigenvalue weighted by molar-refractivity contribution is 7.13. The Labute approximate surface area is 109 Å². The summed E-state index contributed by atoms with van der Waals surface area (Å²) >= 11 is 1.27. The molecule has 4 heteroatoms. The Hall–Kier alpha value is -1.94. The molecule has 2 rings (SSSR count). The number of hydrogen-bond acceptors (Lipinski definition) is 3. The van der Waals surface area contributed by atoms with Crippen molar-refractivity contribution in [2.75, 3.05) is 0 Å².